The molecule has 29 heavy (non-hydrogen) atoms. The molecule has 2 N–H and O–H groups in total. The van der Waals surface area contributed by atoms with Gasteiger partial charge in [0, 0.05) is 17.8 Å². The molecule has 1 aliphatic heterocycles. The first-order chi connectivity index (χ1) is 13.7. The minimum atomic E-state index is -3.99. The number of aryl methyl sites for hydroxylation is 1. The van der Waals surface area contributed by atoms with Gasteiger partial charge in [-0.2, -0.15) is 0 Å². The number of nitrogens with one attached hydrogen (secondary N) is 2. The highest BCUT2D eigenvalue weighted by atomic mass is 32.2. The Hall–Kier alpha value is -2.23. The Labute approximate surface area is 175 Å². The molecule has 2 aromatic rings. The van der Waals surface area contributed by atoms with Crippen LogP contribution in [-0.4, -0.2) is 45.3 Å². The molecule has 2 heterocycles. The molecule has 0 unspecified atom stereocenters. The highest BCUT2D eigenvalue weighted by Crippen LogP contribution is 2.21. The first kappa shape index (κ1) is 21.5. The monoisotopic (exact) mass is 435 g/mol. The van der Waals surface area contributed by atoms with Crippen LogP contribution in [0.15, 0.2) is 40.6 Å². The second kappa shape index (κ2) is 9.06. The molecule has 1 saturated heterocycles. The van der Waals surface area contributed by atoms with Crippen molar-refractivity contribution in [3.05, 3.63) is 51.7 Å². The number of likely N-dealkylation sites (tertiary alicyclic amines) is 1. The number of carbonyl (C=O) groups excluding carboxylic acids is 2. The molecule has 9 heteroatoms. The standard InChI is InChI=1S/C20H25N3O4S2/c1-14-3-5-15(6-4-14)12-21-20(25)18-11-17(13-28-18)29(26,27)22-19(24)16-7-9-23(2)10-8-16/h3-6,11,13,16H,7-10,12H2,1-2H3,(H,21,25)(H,22,24). The van der Waals surface area contributed by atoms with E-state index in [0.29, 0.717) is 19.4 Å². The summed E-state index contributed by atoms with van der Waals surface area (Å²) in [5.74, 6) is -1.13. The number of thiophene rings is 1. The molecule has 0 radical (unpaired) electrons. The minimum absolute atomic E-state index is 0.0655. The summed E-state index contributed by atoms with van der Waals surface area (Å²) in [6.07, 6.45) is 1.27. The summed E-state index contributed by atoms with van der Waals surface area (Å²) >= 11 is 1.04. The molecule has 2 amide bonds. The highest BCUT2D eigenvalue weighted by Gasteiger charge is 2.28. The molecule has 1 aromatic carbocycles. The molecule has 1 fully saturated rings. The van der Waals surface area contributed by atoms with Gasteiger partial charge in [0.25, 0.3) is 15.9 Å². The van der Waals surface area contributed by atoms with E-state index in [9.17, 15) is 18.0 Å². The molecule has 0 bridgehead atoms. The number of hydrogen-bond donors (Lipinski definition) is 2. The van der Waals surface area contributed by atoms with Crippen molar-refractivity contribution < 1.29 is 18.0 Å². The number of sulfonamides is 1. The number of rotatable bonds is 6. The molecular formula is C20H25N3O4S2. The molecule has 0 saturated carbocycles. The van der Waals surface area contributed by atoms with Gasteiger partial charge in [0.2, 0.25) is 5.91 Å². The fraction of sp³-hybridized carbons (Fsp3) is 0.400. The molecule has 1 aromatic heterocycles. The van der Waals surface area contributed by atoms with E-state index in [1.807, 2.05) is 38.2 Å². The number of amides is 2. The molecular weight excluding hydrogens is 410 g/mol. The van der Waals surface area contributed by atoms with Crippen molar-refractivity contribution in [2.75, 3.05) is 20.1 Å². The fourth-order valence-corrected chi connectivity index (χ4v) is 5.33. The van der Waals surface area contributed by atoms with Gasteiger partial charge >= 0.3 is 0 Å². The molecule has 1 aliphatic rings. The SMILES string of the molecule is Cc1ccc(CNC(=O)c2cc(S(=O)(=O)NC(=O)C3CCN(C)CC3)cs2)cc1. The van der Waals surface area contributed by atoms with Gasteiger partial charge in [0.15, 0.2) is 0 Å². The lowest BCUT2D eigenvalue weighted by atomic mass is 9.97. The second-order valence-electron chi connectivity index (χ2n) is 7.36. The number of piperidine rings is 1. The van der Waals surface area contributed by atoms with Gasteiger partial charge < -0.3 is 10.2 Å². The Morgan fingerprint density at radius 2 is 1.83 bits per heavy atom. The van der Waals surface area contributed by atoms with Crippen molar-refractivity contribution in [3.63, 3.8) is 0 Å². The van der Waals surface area contributed by atoms with Crippen LogP contribution in [0.25, 0.3) is 0 Å². The quantitative estimate of drug-likeness (QED) is 0.725. The Balaban J connectivity index is 1.59. The van der Waals surface area contributed by atoms with Crippen molar-refractivity contribution >= 4 is 33.2 Å². The molecule has 0 spiro atoms. The average molecular weight is 436 g/mol. The summed E-state index contributed by atoms with van der Waals surface area (Å²) < 4.78 is 27.2. The molecule has 3 rings (SSSR count). The third-order valence-corrected chi connectivity index (χ3v) is 7.41. The minimum Gasteiger partial charge on any atom is -0.347 e. The fourth-order valence-electron chi connectivity index (χ4n) is 3.10. The van der Waals surface area contributed by atoms with Crippen LogP contribution in [0.2, 0.25) is 0 Å². The van der Waals surface area contributed by atoms with Gasteiger partial charge in [-0.25, -0.2) is 13.1 Å². The summed E-state index contributed by atoms with van der Waals surface area (Å²) in [7, 11) is -2.02. The van der Waals surface area contributed by atoms with Gasteiger partial charge in [-0.3, -0.25) is 9.59 Å². The topological polar surface area (TPSA) is 95.6 Å². The van der Waals surface area contributed by atoms with Crippen molar-refractivity contribution in [2.45, 2.75) is 31.2 Å². The van der Waals surface area contributed by atoms with E-state index in [2.05, 4.69) is 14.9 Å². The lowest BCUT2D eigenvalue weighted by Crippen LogP contribution is -2.41. The Kier molecular flexibility index (Phi) is 6.71. The van der Waals surface area contributed by atoms with Gasteiger partial charge in [0.1, 0.15) is 0 Å². The van der Waals surface area contributed by atoms with Crippen molar-refractivity contribution in [3.8, 4) is 0 Å². The van der Waals surface area contributed by atoms with E-state index in [1.165, 1.54) is 11.4 Å². The van der Waals surface area contributed by atoms with Gasteiger partial charge in [-0.1, -0.05) is 29.8 Å². The van der Waals surface area contributed by atoms with E-state index in [4.69, 9.17) is 0 Å². The first-order valence-corrected chi connectivity index (χ1v) is 11.8. The Bertz CT molecular complexity index is 975. The maximum absolute atomic E-state index is 12.5. The summed E-state index contributed by atoms with van der Waals surface area (Å²) in [6.45, 7) is 3.87. The second-order valence-corrected chi connectivity index (χ2v) is 9.96. The average Bonchev–Trinajstić information content (AvgIpc) is 3.19. The van der Waals surface area contributed by atoms with Crippen LogP contribution in [0.5, 0.6) is 0 Å². The van der Waals surface area contributed by atoms with Crippen LogP contribution in [0.1, 0.15) is 33.6 Å². The normalized spacial score (nSPS) is 15.8. The largest absolute Gasteiger partial charge is 0.347 e. The van der Waals surface area contributed by atoms with E-state index < -0.39 is 15.9 Å². The number of nitrogens with zero attached hydrogens (tertiary/aromatic N) is 1. The smallest absolute Gasteiger partial charge is 0.264 e. The third kappa shape index (κ3) is 5.65. The van der Waals surface area contributed by atoms with Crippen molar-refractivity contribution in [1.29, 1.82) is 0 Å². The van der Waals surface area contributed by atoms with Crippen LogP contribution in [0.3, 0.4) is 0 Å². The summed E-state index contributed by atoms with van der Waals surface area (Å²) in [5, 5.41) is 4.16. The third-order valence-electron chi connectivity index (χ3n) is 5.01. The highest BCUT2D eigenvalue weighted by molar-refractivity contribution is 7.90. The van der Waals surface area contributed by atoms with E-state index in [1.54, 1.807) is 0 Å². The van der Waals surface area contributed by atoms with Crippen LogP contribution in [0, 0.1) is 12.8 Å². The maximum atomic E-state index is 12.5. The molecule has 0 aliphatic carbocycles. The summed E-state index contributed by atoms with van der Waals surface area (Å²) in [5.41, 5.74) is 2.09. The Morgan fingerprint density at radius 3 is 2.48 bits per heavy atom. The molecule has 0 atom stereocenters. The lowest BCUT2D eigenvalue weighted by Gasteiger charge is -2.27. The van der Waals surface area contributed by atoms with E-state index in [0.717, 1.165) is 35.6 Å². The number of benzene rings is 1. The van der Waals surface area contributed by atoms with Crippen LogP contribution in [0.4, 0.5) is 0 Å². The maximum Gasteiger partial charge on any atom is 0.264 e. The van der Waals surface area contributed by atoms with Gasteiger partial charge in [-0.15, -0.1) is 11.3 Å². The zero-order valence-electron chi connectivity index (χ0n) is 16.5. The zero-order valence-corrected chi connectivity index (χ0v) is 18.1. The zero-order chi connectivity index (χ0) is 21.0. The summed E-state index contributed by atoms with van der Waals surface area (Å²) in [6, 6.07) is 9.09. The molecule has 7 nitrogen and oxygen atoms in total. The number of carbonyl (C=O) groups is 2. The van der Waals surface area contributed by atoms with E-state index in [-0.39, 0.29) is 21.6 Å². The number of hydrogen-bond acceptors (Lipinski definition) is 6. The Morgan fingerprint density at radius 1 is 1.17 bits per heavy atom. The van der Waals surface area contributed by atoms with Crippen molar-refractivity contribution in [2.24, 2.45) is 5.92 Å². The first-order valence-electron chi connectivity index (χ1n) is 9.42. The van der Waals surface area contributed by atoms with Gasteiger partial charge in [-0.05, 0) is 51.5 Å². The lowest BCUT2D eigenvalue weighted by molar-refractivity contribution is -0.124. The van der Waals surface area contributed by atoms with E-state index >= 15 is 0 Å². The predicted molar refractivity (Wildman–Crippen MR) is 112 cm³/mol. The van der Waals surface area contributed by atoms with Gasteiger partial charge in [0.05, 0.1) is 9.77 Å². The van der Waals surface area contributed by atoms with Crippen molar-refractivity contribution in [1.82, 2.24) is 14.9 Å². The van der Waals surface area contributed by atoms with Crippen LogP contribution >= 0.6 is 11.3 Å². The predicted octanol–water partition coefficient (Wildman–Crippen LogP) is 2.13. The summed E-state index contributed by atoms with van der Waals surface area (Å²) in [4.78, 5) is 27.0. The van der Waals surface area contributed by atoms with Crippen LogP contribution < -0.4 is 10.0 Å². The van der Waals surface area contributed by atoms with Crippen LogP contribution in [-0.2, 0) is 21.4 Å². The molecule has 156 valence electrons.